The third-order valence-corrected chi connectivity index (χ3v) is 5.34. The lowest BCUT2D eigenvalue weighted by Crippen LogP contribution is -2.55. The van der Waals surface area contributed by atoms with Crippen molar-refractivity contribution < 1.29 is 13.2 Å². The second-order valence-corrected chi connectivity index (χ2v) is 6.84. The molecule has 3 N–H and O–H groups in total. The molecule has 110 valence electrons. The summed E-state index contributed by atoms with van der Waals surface area (Å²) in [5, 5.41) is 8.33. The molecule has 1 atom stereocenters. The third kappa shape index (κ3) is 2.91. The van der Waals surface area contributed by atoms with Gasteiger partial charge in [-0.3, -0.25) is 4.79 Å². The first-order valence-corrected chi connectivity index (χ1v) is 8.17. The fraction of sp³-hybridized carbons (Fsp3) is 0.909. The molecule has 0 aromatic rings. The van der Waals surface area contributed by atoms with Gasteiger partial charge in [-0.2, -0.15) is 12.7 Å². The maximum absolute atomic E-state index is 12.6. The Morgan fingerprint density at radius 2 is 1.95 bits per heavy atom. The van der Waals surface area contributed by atoms with Gasteiger partial charge in [-0.1, -0.05) is 6.92 Å². The quantitative estimate of drug-likeness (QED) is 0.677. The van der Waals surface area contributed by atoms with Gasteiger partial charge in [0.25, 0.3) is 10.2 Å². The van der Waals surface area contributed by atoms with Crippen molar-refractivity contribution in [2.75, 3.05) is 39.3 Å². The Hall–Kier alpha value is -0.700. The van der Waals surface area contributed by atoms with Gasteiger partial charge >= 0.3 is 0 Å². The highest BCUT2D eigenvalue weighted by atomic mass is 32.2. The number of rotatable bonds is 3. The number of carbonyl (C=O) groups excluding carboxylic acids is 1. The number of nitrogens with one attached hydrogen (secondary N) is 1. The smallest absolute Gasteiger partial charge is 0.277 e. The van der Waals surface area contributed by atoms with Crippen LogP contribution in [0.15, 0.2) is 0 Å². The van der Waals surface area contributed by atoms with E-state index in [4.69, 9.17) is 5.14 Å². The highest BCUT2D eigenvalue weighted by Gasteiger charge is 2.42. The van der Waals surface area contributed by atoms with Crippen LogP contribution in [-0.4, -0.2) is 62.8 Å². The molecule has 2 aliphatic rings. The Morgan fingerprint density at radius 1 is 1.32 bits per heavy atom. The van der Waals surface area contributed by atoms with Crippen molar-refractivity contribution in [3.63, 3.8) is 0 Å². The lowest BCUT2D eigenvalue weighted by Gasteiger charge is -2.38. The first-order chi connectivity index (χ1) is 8.89. The van der Waals surface area contributed by atoms with Gasteiger partial charge in [-0.25, -0.2) is 5.14 Å². The predicted octanol–water partition coefficient (Wildman–Crippen LogP) is -1.28. The van der Waals surface area contributed by atoms with E-state index in [0.29, 0.717) is 13.1 Å². The van der Waals surface area contributed by atoms with Gasteiger partial charge in [-0.05, 0) is 19.4 Å². The van der Waals surface area contributed by atoms with Crippen LogP contribution in [0.25, 0.3) is 0 Å². The van der Waals surface area contributed by atoms with Gasteiger partial charge < -0.3 is 10.2 Å². The molecule has 0 aromatic heterocycles. The van der Waals surface area contributed by atoms with E-state index in [-0.39, 0.29) is 24.4 Å². The molecular formula is C11H22N4O3S. The summed E-state index contributed by atoms with van der Waals surface area (Å²) < 4.78 is 23.7. The summed E-state index contributed by atoms with van der Waals surface area (Å²) in [4.78, 5) is 14.4. The number of amides is 1. The van der Waals surface area contributed by atoms with Crippen molar-refractivity contribution in [3.8, 4) is 0 Å². The maximum atomic E-state index is 12.6. The van der Waals surface area contributed by atoms with Crippen molar-refractivity contribution in [3.05, 3.63) is 0 Å². The molecule has 0 saturated carbocycles. The van der Waals surface area contributed by atoms with Crippen LogP contribution in [0.1, 0.15) is 19.8 Å². The Labute approximate surface area is 114 Å². The van der Waals surface area contributed by atoms with E-state index in [1.54, 1.807) is 4.90 Å². The fourth-order valence-corrected chi connectivity index (χ4v) is 3.53. The number of nitrogens with two attached hydrogens (primary N) is 1. The molecule has 0 bridgehead atoms. The second kappa shape index (κ2) is 5.35. The molecule has 2 heterocycles. The number of nitrogens with zero attached hydrogens (tertiary/aromatic N) is 2. The largest absolute Gasteiger partial charge is 0.340 e. The molecule has 0 aromatic carbocycles. The molecule has 8 heteroatoms. The Bertz CT molecular complexity index is 437. The Morgan fingerprint density at radius 3 is 2.37 bits per heavy atom. The summed E-state index contributed by atoms with van der Waals surface area (Å²) in [5.41, 5.74) is -0.302. The van der Waals surface area contributed by atoms with Crippen LogP contribution in [-0.2, 0) is 15.0 Å². The average Bonchev–Trinajstić information content (AvgIpc) is 2.87. The SMILES string of the molecule is CCC1(C(=O)N2CCN(S(N)(=O)=O)CC2)CCNC1. The van der Waals surface area contributed by atoms with Crippen molar-refractivity contribution in [1.29, 1.82) is 0 Å². The van der Waals surface area contributed by atoms with Gasteiger partial charge in [-0.15, -0.1) is 0 Å². The average molecular weight is 290 g/mol. The van der Waals surface area contributed by atoms with E-state index in [2.05, 4.69) is 5.32 Å². The molecule has 2 aliphatic heterocycles. The first kappa shape index (κ1) is 14.7. The molecule has 0 radical (unpaired) electrons. The van der Waals surface area contributed by atoms with E-state index in [0.717, 1.165) is 25.9 Å². The molecule has 0 aliphatic carbocycles. The monoisotopic (exact) mass is 290 g/mol. The Kier molecular flexibility index (Phi) is 4.14. The van der Waals surface area contributed by atoms with Crippen LogP contribution in [0.2, 0.25) is 0 Å². The molecule has 0 spiro atoms. The summed E-state index contributed by atoms with van der Waals surface area (Å²) in [7, 11) is -3.63. The second-order valence-electron chi connectivity index (χ2n) is 5.30. The third-order valence-electron chi connectivity index (χ3n) is 4.26. The zero-order valence-electron chi connectivity index (χ0n) is 11.3. The normalized spacial score (nSPS) is 29.7. The van der Waals surface area contributed by atoms with Crippen LogP contribution < -0.4 is 10.5 Å². The van der Waals surface area contributed by atoms with Crippen LogP contribution in [0.5, 0.6) is 0 Å². The molecule has 2 fully saturated rings. The van der Waals surface area contributed by atoms with Crippen molar-refractivity contribution >= 4 is 16.1 Å². The van der Waals surface area contributed by atoms with Crippen molar-refractivity contribution in [2.45, 2.75) is 19.8 Å². The summed E-state index contributed by atoms with van der Waals surface area (Å²) >= 11 is 0. The molecule has 19 heavy (non-hydrogen) atoms. The fourth-order valence-electron chi connectivity index (χ4n) is 2.86. The van der Waals surface area contributed by atoms with E-state index in [1.807, 2.05) is 6.92 Å². The highest BCUT2D eigenvalue weighted by molar-refractivity contribution is 7.86. The molecular weight excluding hydrogens is 268 g/mol. The zero-order valence-corrected chi connectivity index (χ0v) is 12.1. The van der Waals surface area contributed by atoms with Gasteiger partial charge in [0.15, 0.2) is 0 Å². The van der Waals surface area contributed by atoms with Gasteiger partial charge in [0.05, 0.1) is 5.41 Å². The number of hydrogen-bond donors (Lipinski definition) is 2. The van der Waals surface area contributed by atoms with Crippen LogP contribution in [0.4, 0.5) is 0 Å². The molecule has 2 rings (SSSR count). The zero-order chi connectivity index (χ0) is 14.1. The van der Waals surface area contributed by atoms with Crippen LogP contribution in [0, 0.1) is 5.41 Å². The van der Waals surface area contributed by atoms with E-state index in [1.165, 1.54) is 4.31 Å². The summed E-state index contributed by atoms with van der Waals surface area (Å²) in [6, 6.07) is 0. The lowest BCUT2D eigenvalue weighted by molar-refractivity contribution is -0.142. The predicted molar refractivity (Wildman–Crippen MR) is 71.5 cm³/mol. The minimum Gasteiger partial charge on any atom is -0.340 e. The summed E-state index contributed by atoms with van der Waals surface area (Å²) in [6.45, 7) is 5.06. The topological polar surface area (TPSA) is 95.7 Å². The van der Waals surface area contributed by atoms with E-state index >= 15 is 0 Å². The van der Waals surface area contributed by atoms with Gasteiger partial charge in [0.2, 0.25) is 5.91 Å². The minimum atomic E-state index is -3.63. The molecule has 2 saturated heterocycles. The van der Waals surface area contributed by atoms with Gasteiger partial charge in [0.1, 0.15) is 0 Å². The van der Waals surface area contributed by atoms with Gasteiger partial charge in [0, 0.05) is 32.7 Å². The highest BCUT2D eigenvalue weighted by Crippen LogP contribution is 2.32. The lowest BCUT2D eigenvalue weighted by atomic mass is 9.82. The van der Waals surface area contributed by atoms with Crippen LogP contribution in [0.3, 0.4) is 0 Å². The minimum absolute atomic E-state index is 0.147. The van der Waals surface area contributed by atoms with Crippen molar-refractivity contribution in [1.82, 2.24) is 14.5 Å². The Balaban J connectivity index is 1.99. The van der Waals surface area contributed by atoms with E-state index in [9.17, 15) is 13.2 Å². The van der Waals surface area contributed by atoms with Crippen LogP contribution >= 0.6 is 0 Å². The molecule has 1 amide bonds. The summed E-state index contributed by atoms with van der Waals surface area (Å²) in [5.74, 6) is 0.147. The number of hydrogen-bond acceptors (Lipinski definition) is 4. The summed E-state index contributed by atoms with van der Waals surface area (Å²) in [6.07, 6.45) is 1.67. The maximum Gasteiger partial charge on any atom is 0.277 e. The van der Waals surface area contributed by atoms with Crippen molar-refractivity contribution in [2.24, 2.45) is 10.6 Å². The number of carbonyl (C=O) groups is 1. The standard InChI is InChI=1S/C11H22N4O3S/c1-2-11(3-4-13-9-11)10(16)14-5-7-15(8-6-14)19(12,17)18/h13H,2-9H2,1H3,(H2,12,17,18). The molecule has 7 nitrogen and oxygen atoms in total. The van der Waals surface area contributed by atoms with E-state index < -0.39 is 10.2 Å². The first-order valence-electron chi connectivity index (χ1n) is 6.67. The molecule has 1 unspecified atom stereocenters. The number of piperazine rings is 1.